The van der Waals surface area contributed by atoms with Gasteiger partial charge >= 0.3 is 0 Å². The summed E-state index contributed by atoms with van der Waals surface area (Å²) in [6.07, 6.45) is 3.23. The normalized spacial score (nSPS) is 17.8. The highest BCUT2D eigenvalue weighted by Crippen LogP contribution is 2.31. The second-order valence-corrected chi connectivity index (χ2v) is 5.94. The molecular formula is C15H18ClN3O2. The quantitative estimate of drug-likeness (QED) is 0.908. The van der Waals surface area contributed by atoms with Crippen molar-refractivity contribution < 1.29 is 9.84 Å². The Morgan fingerprint density at radius 3 is 2.86 bits per heavy atom. The Bertz CT molecular complexity index is 629. The number of aliphatic hydroxyl groups excluding tert-OH is 1. The van der Waals surface area contributed by atoms with Crippen LogP contribution in [0.15, 0.2) is 24.5 Å². The van der Waals surface area contributed by atoms with Crippen LogP contribution in [0.4, 0.5) is 5.82 Å². The molecule has 2 N–H and O–H groups in total. The molecule has 21 heavy (non-hydrogen) atoms. The Hall–Kier alpha value is -1.43. The molecular weight excluding hydrogens is 290 g/mol. The largest absolute Gasteiger partial charge is 0.396 e. The van der Waals surface area contributed by atoms with Crippen molar-refractivity contribution in [2.45, 2.75) is 12.8 Å². The Morgan fingerprint density at radius 1 is 1.29 bits per heavy atom. The number of fused-ring (bicyclic) bond motifs is 1. The molecule has 2 aromatic rings. The van der Waals surface area contributed by atoms with E-state index in [2.05, 4.69) is 15.3 Å². The van der Waals surface area contributed by atoms with Crippen molar-refractivity contribution in [2.75, 3.05) is 31.7 Å². The Kier molecular flexibility index (Phi) is 4.24. The molecule has 1 saturated heterocycles. The summed E-state index contributed by atoms with van der Waals surface area (Å²) in [6, 6.07) is 5.56. The van der Waals surface area contributed by atoms with Crippen molar-refractivity contribution in [3.8, 4) is 0 Å². The van der Waals surface area contributed by atoms with Crippen LogP contribution >= 0.6 is 11.6 Å². The SMILES string of the molecule is OCC1(CNc2ncnc3cc(Cl)ccc23)CCOCC1. The molecule has 112 valence electrons. The van der Waals surface area contributed by atoms with E-state index in [1.165, 1.54) is 6.33 Å². The van der Waals surface area contributed by atoms with Gasteiger partial charge in [0.05, 0.1) is 12.1 Å². The number of anilines is 1. The maximum atomic E-state index is 9.72. The Morgan fingerprint density at radius 2 is 2.10 bits per heavy atom. The molecule has 2 heterocycles. The van der Waals surface area contributed by atoms with Crippen LogP contribution in [0.5, 0.6) is 0 Å². The number of benzene rings is 1. The van der Waals surface area contributed by atoms with Gasteiger partial charge < -0.3 is 15.2 Å². The molecule has 0 saturated carbocycles. The lowest BCUT2D eigenvalue weighted by Gasteiger charge is -2.35. The number of halogens is 1. The number of hydrogen-bond acceptors (Lipinski definition) is 5. The molecule has 0 aliphatic carbocycles. The standard InChI is InChI=1S/C15H18ClN3O2/c16-11-1-2-12-13(7-11)18-10-19-14(12)17-8-15(9-20)3-5-21-6-4-15/h1-2,7,10,20H,3-6,8-9H2,(H,17,18,19). The number of rotatable bonds is 4. The van der Waals surface area contributed by atoms with E-state index >= 15 is 0 Å². The summed E-state index contributed by atoms with van der Waals surface area (Å²) in [4.78, 5) is 8.54. The lowest BCUT2D eigenvalue weighted by atomic mass is 9.81. The van der Waals surface area contributed by atoms with E-state index in [0.717, 1.165) is 29.6 Å². The van der Waals surface area contributed by atoms with Crippen LogP contribution in [0.1, 0.15) is 12.8 Å². The van der Waals surface area contributed by atoms with Gasteiger partial charge in [-0.15, -0.1) is 0 Å². The van der Waals surface area contributed by atoms with E-state index < -0.39 is 0 Å². The highest BCUT2D eigenvalue weighted by molar-refractivity contribution is 6.31. The minimum atomic E-state index is -0.137. The molecule has 0 unspecified atom stereocenters. The fourth-order valence-electron chi connectivity index (χ4n) is 2.64. The van der Waals surface area contributed by atoms with Gasteiger partial charge in [-0.25, -0.2) is 9.97 Å². The van der Waals surface area contributed by atoms with Gasteiger partial charge in [0, 0.05) is 35.6 Å². The zero-order valence-corrected chi connectivity index (χ0v) is 12.4. The fourth-order valence-corrected chi connectivity index (χ4v) is 2.80. The van der Waals surface area contributed by atoms with E-state index in [9.17, 15) is 5.11 Å². The lowest BCUT2D eigenvalue weighted by molar-refractivity contribution is -0.00860. The van der Waals surface area contributed by atoms with Gasteiger partial charge in [0.1, 0.15) is 12.1 Å². The summed E-state index contributed by atoms with van der Waals surface area (Å²) in [7, 11) is 0. The maximum Gasteiger partial charge on any atom is 0.137 e. The molecule has 0 radical (unpaired) electrons. The number of aliphatic hydroxyl groups is 1. The van der Waals surface area contributed by atoms with Gasteiger partial charge in [0.2, 0.25) is 0 Å². The van der Waals surface area contributed by atoms with Crippen LogP contribution in [0.25, 0.3) is 10.9 Å². The van der Waals surface area contributed by atoms with Gasteiger partial charge in [-0.2, -0.15) is 0 Å². The van der Waals surface area contributed by atoms with E-state index in [0.29, 0.717) is 24.8 Å². The molecule has 0 spiro atoms. The molecule has 1 aromatic heterocycles. The molecule has 0 amide bonds. The molecule has 1 aromatic carbocycles. The van der Waals surface area contributed by atoms with E-state index in [1.54, 1.807) is 0 Å². The van der Waals surface area contributed by atoms with Crippen LogP contribution in [0.3, 0.4) is 0 Å². The van der Waals surface area contributed by atoms with Crippen LogP contribution in [-0.4, -0.2) is 41.4 Å². The average Bonchev–Trinajstić information content (AvgIpc) is 2.53. The van der Waals surface area contributed by atoms with E-state index in [-0.39, 0.29) is 12.0 Å². The molecule has 0 atom stereocenters. The Labute approximate surface area is 128 Å². The van der Waals surface area contributed by atoms with Gasteiger partial charge in [-0.1, -0.05) is 11.6 Å². The maximum absolute atomic E-state index is 9.72. The van der Waals surface area contributed by atoms with Crippen molar-refractivity contribution in [2.24, 2.45) is 5.41 Å². The topological polar surface area (TPSA) is 67.3 Å². The second kappa shape index (κ2) is 6.13. The predicted molar refractivity (Wildman–Crippen MR) is 82.6 cm³/mol. The molecule has 6 heteroatoms. The first kappa shape index (κ1) is 14.5. The first-order valence-electron chi connectivity index (χ1n) is 7.05. The summed E-state index contributed by atoms with van der Waals surface area (Å²) in [5.74, 6) is 0.774. The third-order valence-corrected chi connectivity index (χ3v) is 4.35. The average molecular weight is 308 g/mol. The molecule has 1 aliphatic heterocycles. The first-order valence-corrected chi connectivity index (χ1v) is 7.43. The Balaban J connectivity index is 1.81. The van der Waals surface area contributed by atoms with Crippen LogP contribution in [0, 0.1) is 5.41 Å². The fraction of sp³-hybridized carbons (Fsp3) is 0.467. The molecule has 1 fully saturated rings. The third kappa shape index (κ3) is 3.10. The number of nitrogens with one attached hydrogen (secondary N) is 1. The highest BCUT2D eigenvalue weighted by atomic mass is 35.5. The van der Waals surface area contributed by atoms with Crippen molar-refractivity contribution in [3.05, 3.63) is 29.5 Å². The summed E-state index contributed by atoms with van der Waals surface area (Å²) < 4.78 is 5.38. The third-order valence-electron chi connectivity index (χ3n) is 4.12. The minimum absolute atomic E-state index is 0.137. The second-order valence-electron chi connectivity index (χ2n) is 5.51. The zero-order chi connectivity index (χ0) is 14.7. The number of hydrogen-bond donors (Lipinski definition) is 2. The predicted octanol–water partition coefficient (Wildman–Crippen LogP) is 2.48. The lowest BCUT2D eigenvalue weighted by Crippen LogP contribution is -2.39. The highest BCUT2D eigenvalue weighted by Gasteiger charge is 2.32. The van der Waals surface area contributed by atoms with Crippen molar-refractivity contribution in [3.63, 3.8) is 0 Å². The summed E-state index contributed by atoms with van der Waals surface area (Å²) in [5.41, 5.74) is 0.673. The number of aromatic nitrogens is 2. The van der Waals surface area contributed by atoms with Gasteiger partial charge in [0.15, 0.2) is 0 Å². The van der Waals surface area contributed by atoms with Crippen LogP contribution < -0.4 is 5.32 Å². The van der Waals surface area contributed by atoms with Gasteiger partial charge in [-0.05, 0) is 31.0 Å². The zero-order valence-electron chi connectivity index (χ0n) is 11.7. The van der Waals surface area contributed by atoms with E-state index in [4.69, 9.17) is 16.3 Å². The summed E-state index contributed by atoms with van der Waals surface area (Å²) >= 11 is 5.99. The molecule has 0 bridgehead atoms. The summed E-state index contributed by atoms with van der Waals surface area (Å²) in [6.45, 7) is 2.21. The smallest absolute Gasteiger partial charge is 0.137 e. The van der Waals surface area contributed by atoms with Crippen molar-refractivity contribution in [1.29, 1.82) is 0 Å². The number of ether oxygens (including phenoxy) is 1. The first-order chi connectivity index (χ1) is 10.2. The van der Waals surface area contributed by atoms with Crippen LogP contribution in [-0.2, 0) is 4.74 Å². The molecule has 5 nitrogen and oxygen atoms in total. The van der Waals surface area contributed by atoms with Gasteiger partial charge in [-0.3, -0.25) is 0 Å². The number of nitrogens with zero attached hydrogens (tertiary/aromatic N) is 2. The molecule has 3 rings (SSSR count). The van der Waals surface area contributed by atoms with Crippen LogP contribution in [0.2, 0.25) is 5.02 Å². The van der Waals surface area contributed by atoms with E-state index in [1.807, 2.05) is 18.2 Å². The van der Waals surface area contributed by atoms with Crippen molar-refractivity contribution >= 4 is 28.3 Å². The monoisotopic (exact) mass is 307 g/mol. The minimum Gasteiger partial charge on any atom is -0.396 e. The van der Waals surface area contributed by atoms with Crippen molar-refractivity contribution in [1.82, 2.24) is 9.97 Å². The van der Waals surface area contributed by atoms with Gasteiger partial charge in [0.25, 0.3) is 0 Å². The summed E-state index contributed by atoms with van der Waals surface area (Å²) in [5, 5.41) is 14.7. The molecule has 1 aliphatic rings.